The van der Waals surface area contributed by atoms with Crippen molar-refractivity contribution in [3.8, 4) is 0 Å². The number of aromatic nitrogens is 1. The van der Waals surface area contributed by atoms with Crippen molar-refractivity contribution in [2.24, 2.45) is 0 Å². The Kier molecular flexibility index (Phi) is 6.24. The summed E-state index contributed by atoms with van der Waals surface area (Å²) in [4.78, 5) is 27.2. The van der Waals surface area contributed by atoms with Gasteiger partial charge in [-0.1, -0.05) is 11.3 Å². The van der Waals surface area contributed by atoms with Crippen LogP contribution in [0.1, 0.15) is 33.5 Å². The number of carbonyl (C=O) groups is 2. The molecule has 21 heavy (non-hydrogen) atoms. The average Bonchev–Trinajstić information content (AvgIpc) is 2.80. The van der Waals surface area contributed by atoms with E-state index in [9.17, 15) is 18.0 Å². The van der Waals surface area contributed by atoms with Crippen LogP contribution in [0.15, 0.2) is 0 Å². The first kappa shape index (κ1) is 17.5. The molecule has 1 heterocycles. The van der Waals surface area contributed by atoms with Crippen molar-refractivity contribution < 1.29 is 22.7 Å². The largest absolute Gasteiger partial charge is 0.464 e. The van der Waals surface area contributed by atoms with Gasteiger partial charge in [0.1, 0.15) is 4.88 Å². The molecule has 10 heteroatoms. The zero-order chi connectivity index (χ0) is 16.0. The van der Waals surface area contributed by atoms with Crippen LogP contribution in [-0.4, -0.2) is 51.6 Å². The minimum atomic E-state index is -3.19. The molecule has 0 aliphatic rings. The summed E-state index contributed by atoms with van der Waals surface area (Å²) in [5, 5.41) is 3.35. The number of Topliss-reactive ketones (excluding diaryl/α,β-unsaturated/α-hetero) is 1. The van der Waals surface area contributed by atoms with Crippen molar-refractivity contribution in [1.29, 1.82) is 0 Å². The van der Waals surface area contributed by atoms with E-state index in [2.05, 4.69) is 19.8 Å². The third-order valence-corrected chi connectivity index (χ3v) is 4.16. The molecular formula is C11H17N3O5S2. The zero-order valence-corrected chi connectivity index (χ0v) is 13.6. The van der Waals surface area contributed by atoms with Crippen LogP contribution in [0.5, 0.6) is 0 Å². The number of ketones is 1. The van der Waals surface area contributed by atoms with Crippen LogP contribution in [0.2, 0.25) is 0 Å². The van der Waals surface area contributed by atoms with Crippen LogP contribution >= 0.6 is 11.3 Å². The van der Waals surface area contributed by atoms with Crippen molar-refractivity contribution in [1.82, 2.24) is 9.71 Å². The maximum Gasteiger partial charge on any atom is 0.358 e. The van der Waals surface area contributed by atoms with E-state index in [-0.39, 0.29) is 16.4 Å². The van der Waals surface area contributed by atoms with E-state index in [1.807, 2.05) is 0 Å². The Bertz CT molecular complexity index is 624. The lowest BCUT2D eigenvalue weighted by atomic mass is 10.3. The monoisotopic (exact) mass is 335 g/mol. The highest BCUT2D eigenvalue weighted by atomic mass is 32.2. The van der Waals surface area contributed by atoms with Crippen LogP contribution in [0.3, 0.4) is 0 Å². The Balaban J connectivity index is 2.60. The van der Waals surface area contributed by atoms with Crippen molar-refractivity contribution in [2.45, 2.75) is 13.3 Å². The van der Waals surface area contributed by atoms with Crippen molar-refractivity contribution in [3.63, 3.8) is 0 Å². The highest BCUT2D eigenvalue weighted by molar-refractivity contribution is 7.88. The second-order valence-electron chi connectivity index (χ2n) is 4.19. The van der Waals surface area contributed by atoms with E-state index in [1.165, 1.54) is 14.0 Å². The number of nitrogens with one attached hydrogen (secondary N) is 2. The van der Waals surface area contributed by atoms with Crippen LogP contribution in [0.25, 0.3) is 0 Å². The smallest absolute Gasteiger partial charge is 0.358 e. The molecule has 2 N–H and O–H groups in total. The summed E-state index contributed by atoms with van der Waals surface area (Å²) in [6, 6.07) is 0. The van der Waals surface area contributed by atoms with Gasteiger partial charge in [-0.15, -0.1) is 0 Å². The minimum Gasteiger partial charge on any atom is -0.464 e. The standard InChI is InChI=1S/C11H17N3O5S2/c1-7(15)9-8(10(16)19-2)14-11(20-9)12-5-4-6-13-21(3,17)18/h13H,4-6H2,1-3H3,(H,12,14). The molecule has 1 aromatic heterocycles. The first-order valence-corrected chi connectivity index (χ1v) is 8.74. The maximum absolute atomic E-state index is 11.5. The van der Waals surface area contributed by atoms with Crippen LogP contribution in [-0.2, 0) is 14.8 Å². The molecule has 0 radical (unpaired) electrons. The SMILES string of the molecule is COC(=O)c1nc(NCCCNS(C)(=O)=O)sc1C(C)=O. The fourth-order valence-electron chi connectivity index (χ4n) is 1.41. The molecule has 0 aromatic carbocycles. The molecule has 0 unspecified atom stereocenters. The number of hydrogen-bond donors (Lipinski definition) is 2. The Morgan fingerprint density at radius 1 is 1.33 bits per heavy atom. The third kappa shape index (κ3) is 5.78. The van der Waals surface area contributed by atoms with Crippen molar-refractivity contribution >= 4 is 38.2 Å². The number of ether oxygens (including phenoxy) is 1. The van der Waals surface area contributed by atoms with Crippen LogP contribution < -0.4 is 10.0 Å². The van der Waals surface area contributed by atoms with E-state index >= 15 is 0 Å². The second kappa shape index (κ2) is 7.48. The lowest BCUT2D eigenvalue weighted by molar-refractivity contribution is 0.0591. The number of hydrogen-bond acceptors (Lipinski definition) is 8. The predicted molar refractivity (Wildman–Crippen MR) is 79.4 cm³/mol. The molecule has 0 aliphatic heterocycles. The molecular weight excluding hydrogens is 318 g/mol. The van der Waals surface area contributed by atoms with Gasteiger partial charge < -0.3 is 10.1 Å². The van der Waals surface area contributed by atoms with Gasteiger partial charge >= 0.3 is 5.97 Å². The van der Waals surface area contributed by atoms with E-state index in [1.54, 1.807) is 0 Å². The number of carbonyl (C=O) groups excluding carboxylic acids is 2. The van der Waals surface area contributed by atoms with Crippen molar-refractivity contribution in [3.05, 3.63) is 10.6 Å². The number of rotatable bonds is 8. The molecule has 0 bridgehead atoms. The van der Waals surface area contributed by atoms with Gasteiger partial charge in [0, 0.05) is 20.0 Å². The number of anilines is 1. The van der Waals surface area contributed by atoms with Gasteiger partial charge in [0.25, 0.3) is 0 Å². The normalized spacial score (nSPS) is 11.2. The zero-order valence-electron chi connectivity index (χ0n) is 11.9. The Morgan fingerprint density at radius 3 is 2.52 bits per heavy atom. The topological polar surface area (TPSA) is 114 Å². The molecule has 0 fully saturated rings. The fourth-order valence-corrected chi connectivity index (χ4v) is 2.80. The lowest BCUT2D eigenvalue weighted by Crippen LogP contribution is -2.24. The van der Waals surface area contributed by atoms with Gasteiger partial charge in [0.2, 0.25) is 10.0 Å². The van der Waals surface area contributed by atoms with Crippen LogP contribution in [0.4, 0.5) is 5.13 Å². The summed E-state index contributed by atoms with van der Waals surface area (Å²) in [6.07, 6.45) is 1.62. The van der Waals surface area contributed by atoms with Gasteiger partial charge in [-0.25, -0.2) is 22.9 Å². The highest BCUT2D eigenvalue weighted by Gasteiger charge is 2.21. The summed E-state index contributed by atoms with van der Waals surface area (Å²) >= 11 is 1.06. The molecule has 1 rings (SSSR count). The summed E-state index contributed by atoms with van der Waals surface area (Å²) in [7, 11) is -1.98. The highest BCUT2D eigenvalue weighted by Crippen LogP contribution is 2.24. The Labute approximate surface area is 127 Å². The van der Waals surface area contributed by atoms with Gasteiger partial charge in [-0.2, -0.15) is 0 Å². The van der Waals surface area contributed by atoms with E-state index in [4.69, 9.17) is 0 Å². The molecule has 1 aromatic rings. The van der Waals surface area contributed by atoms with Gasteiger partial charge in [0.15, 0.2) is 16.6 Å². The summed E-state index contributed by atoms with van der Waals surface area (Å²) in [5.41, 5.74) is -0.00763. The quantitative estimate of drug-likeness (QED) is 0.403. The third-order valence-electron chi connectivity index (χ3n) is 2.32. The van der Waals surface area contributed by atoms with Gasteiger partial charge in [-0.3, -0.25) is 4.79 Å². The van der Waals surface area contributed by atoms with E-state index in [0.717, 1.165) is 17.6 Å². The van der Waals surface area contributed by atoms with Gasteiger partial charge in [-0.05, 0) is 6.42 Å². The first-order valence-electron chi connectivity index (χ1n) is 6.03. The minimum absolute atomic E-state index is 0.00763. The molecule has 0 spiro atoms. The number of nitrogens with zero attached hydrogens (tertiary/aromatic N) is 1. The molecule has 8 nitrogen and oxygen atoms in total. The maximum atomic E-state index is 11.5. The van der Waals surface area contributed by atoms with Crippen molar-refractivity contribution in [2.75, 3.05) is 31.8 Å². The average molecular weight is 335 g/mol. The Hall–Kier alpha value is -1.52. The number of methoxy groups -OCH3 is 1. The first-order chi connectivity index (χ1) is 9.74. The van der Waals surface area contributed by atoms with E-state index < -0.39 is 16.0 Å². The summed E-state index contributed by atoms with van der Waals surface area (Å²) in [6.45, 7) is 2.09. The molecule has 0 aliphatic carbocycles. The number of esters is 1. The summed E-state index contributed by atoms with van der Waals surface area (Å²) < 4.78 is 28.7. The summed E-state index contributed by atoms with van der Waals surface area (Å²) in [5.74, 6) is -0.928. The molecule has 0 saturated carbocycles. The van der Waals surface area contributed by atoms with Crippen LogP contribution in [0, 0.1) is 0 Å². The molecule has 0 atom stereocenters. The molecule has 118 valence electrons. The lowest BCUT2D eigenvalue weighted by Gasteiger charge is -2.03. The molecule has 0 saturated heterocycles. The Morgan fingerprint density at radius 2 is 2.00 bits per heavy atom. The second-order valence-corrected chi connectivity index (χ2v) is 7.02. The predicted octanol–water partition coefficient (Wildman–Crippen LogP) is 0.483. The molecule has 0 amide bonds. The van der Waals surface area contributed by atoms with Gasteiger partial charge in [0.05, 0.1) is 13.4 Å². The van der Waals surface area contributed by atoms with E-state index in [0.29, 0.717) is 24.6 Å². The number of sulfonamides is 1. The fraction of sp³-hybridized carbons (Fsp3) is 0.545. The number of thiazole rings is 1.